The van der Waals surface area contributed by atoms with E-state index in [9.17, 15) is 13.2 Å². The van der Waals surface area contributed by atoms with Gasteiger partial charge in [-0.25, -0.2) is 0 Å². The standard InChI is InChI=1S/C9H17F3N2.C7H17NO2Si/c1-3-8-6-13-4-5-14(8)7(2)9(10,11)12;1-9-11(10-2)8-6-4-3-5-7-8/h7-8,13H,3-6H2,1-2H3;11H,3-7H2,1-2H3. The van der Waals surface area contributed by atoms with Gasteiger partial charge in [0.2, 0.25) is 0 Å². The third-order valence-electron chi connectivity index (χ3n) is 4.93. The Kier molecular flexibility index (Phi) is 10.5. The van der Waals surface area contributed by atoms with Crippen molar-refractivity contribution in [1.29, 1.82) is 0 Å². The Balaban J connectivity index is 0.000000257. The zero-order chi connectivity index (χ0) is 18.9. The van der Waals surface area contributed by atoms with E-state index >= 15 is 0 Å². The highest BCUT2D eigenvalue weighted by Crippen LogP contribution is 2.27. The van der Waals surface area contributed by atoms with Gasteiger partial charge in [0.15, 0.2) is 0 Å². The normalized spacial score (nSPS) is 24.7. The molecular formula is C16H34F3N3O2Si. The smallest absolute Gasteiger partial charge is 0.388 e. The van der Waals surface area contributed by atoms with Gasteiger partial charge in [-0.2, -0.15) is 13.2 Å². The van der Waals surface area contributed by atoms with Crippen LogP contribution in [0.2, 0.25) is 0 Å². The van der Waals surface area contributed by atoms with Crippen LogP contribution in [0.3, 0.4) is 0 Å². The van der Waals surface area contributed by atoms with E-state index in [-0.39, 0.29) is 6.04 Å². The van der Waals surface area contributed by atoms with Crippen molar-refractivity contribution in [3.63, 3.8) is 0 Å². The fraction of sp³-hybridized carbons (Fsp3) is 1.00. The van der Waals surface area contributed by atoms with Crippen molar-refractivity contribution in [2.24, 2.45) is 0 Å². The Morgan fingerprint density at radius 2 is 1.72 bits per heavy atom. The molecule has 0 spiro atoms. The number of nitrogens with one attached hydrogen (secondary N) is 1. The molecule has 0 saturated carbocycles. The Morgan fingerprint density at radius 1 is 1.12 bits per heavy atom. The summed E-state index contributed by atoms with van der Waals surface area (Å²) < 4.78 is 50.4. The first kappa shape index (κ1) is 22.8. The van der Waals surface area contributed by atoms with Crippen LogP contribution in [0.5, 0.6) is 0 Å². The van der Waals surface area contributed by atoms with Crippen LogP contribution in [0, 0.1) is 0 Å². The van der Waals surface area contributed by atoms with E-state index in [1.807, 2.05) is 6.92 Å². The van der Waals surface area contributed by atoms with Crippen molar-refractivity contribution in [2.45, 2.75) is 57.8 Å². The van der Waals surface area contributed by atoms with Gasteiger partial charge < -0.3 is 14.2 Å². The van der Waals surface area contributed by atoms with Crippen molar-refractivity contribution in [1.82, 2.24) is 14.8 Å². The van der Waals surface area contributed by atoms with Gasteiger partial charge in [0.05, 0.1) is 0 Å². The third kappa shape index (κ3) is 7.52. The maximum absolute atomic E-state index is 12.5. The highest BCUT2D eigenvalue weighted by molar-refractivity contribution is 6.40. The average Bonchev–Trinajstić information content (AvgIpc) is 2.63. The molecule has 25 heavy (non-hydrogen) atoms. The van der Waals surface area contributed by atoms with E-state index in [1.165, 1.54) is 39.3 Å². The first-order chi connectivity index (χ1) is 11.8. The highest BCUT2D eigenvalue weighted by Gasteiger charge is 2.42. The molecule has 9 heteroatoms. The molecule has 5 nitrogen and oxygen atoms in total. The maximum atomic E-state index is 12.5. The van der Waals surface area contributed by atoms with E-state index in [2.05, 4.69) is 9.88 Å². The van der Waals surface area contributed by atoms with Crippen molar-refractivity contribution in [2.75, 3.05) is 46.9 Å². The SMILES string of the molecule is CCC1CNCCN1C(C)C(F)(F)F.CO[SiH](OC)N1CCCCC1. The quantitative estimate of drug-likeness (QED) is 0.734. The molecule has 2 rings (SSSR count). The Hall–Kier alpha value is -0.193. The van der Waals surface area contributed by atoms with Gasteiger partial charge in [-0.1, -0.05) is 13.3 Å². The molecule has 0 amide bonds. The highest BCUT2D eigenvalue weighted by atomic mass is 28.3. The topological polar surface area (TPSA) is 37.0 Å². The molecule has 2 heterocycles. The summed E-state index contributed by atoms with van der Waals surface area (Å²) in [5.74, 6) is 0. The average molecular weight is 386 g/mol. The number of nitrogens with zero attached hydrogens (tertiary/aromatic N) is 2. The van der Waals surface area contributed by atoms with Crippen molar-refractivity contribution < 1.29 is 22.0 Å². The lowest BCUT2D eigenvalue weighted by molar-refractivity contribution is -0.186. The number of halogens is 3. The van der Waals surface area contributed by atoms with Crippen LogP contribution in [0.1, 0.15) is 39.5 Å². The minimum absolute atomic E-state index is 0.0142. The first-order valence-electron chi connectivity index (χ1n) is 9.17. The molecule has 2 fully saturated rings. The maximum Gasteiger partial charge on any atom is 0.410 e. The van der Waals surface area contributed by atoms with Gasteiger partial charge >= 0.3 is 15.6 Å². The molecule has 1 N–H and O–H groups in total. The van der Waals surface area contributed by atoms with Gasteiger partial charge in [0.1, 0.15) is 6.04 Å². The molecule has 0 radical (unpaired) electrons. The summed E-state index contributed by atoms with van der Waals surface area (Å²) >= 11 is 0. The van der Waals surface area contributed by atoms with E-state index in [0.29, 0.717) is 19.6 Å². The number of rotatable bonds is 5. The summed E-state index contributed by atoms with van der Waals surface area (Å²) in [6.45, 7) is 7.30. The molecule has 2 saturated heterocycles. The van der Waals surface area contributed by atoms with E-state index in [1.54, 1.807) is 19.1 Å². The summed E-state index contributed by atoms with van der Waals surface area (Å²) in [7, 11) is 2.05. The van der Waals surface area contributed by atoms with Gasteiger partial charge in [0.25, 0.3) is 0 Å². The largest absolute Gasteiger partial charge is 0.410 e. The van der Waals surface area contributed by atoms with Crippen molar-refractivity contribution in [3.8, 4) is 0 Å². The summed E-state index contributed by atoms with van der Waals surface area (Å²) in [5.41, 5.74) is 0. The summed E-state index contributed by atoms with van der Waals surface area (Å²) in [6, 6.07) is -1.31. The predicted molar refractivity (Wildman–Crippen MR) is 95.8 cm³/mol. The predicted octanol–water partition coefficient (Wildman–Crippen LogP) is 2.10. The molecule has 0 aromatic carbocycles. The van der Waals surface area contributed by atoms with Crippen molar-refractivity contribution in [3.05, 3.63) is 0 Å². The molecular weight excluding hydrogens is 351 g/mol. The van der Waals surface area contributed by atoms with E-state index in [0.717, 1.165) is 6.42 Å². The van der Waals surface area contributed by atoms with E-state index in [4.69, 9.17) is 8.85 Å². The second-order valence-electron chi connectivity index (χ2n) is 6.60. The molecule has 0 aromatic rings. The third-order valence-corrected chi connectivity index (χ3v) is 6.85. The summed E-state index contributed by atoms with van der Waals surface area (Å²) in [5, 5.41) is 3.11. The van der Waals surface area contributed by atoms with Crippen LogP contribution < -0.4 is 5.32 Å². The van der Waals surface area contributed by atoms with Crippen molar-refractivity contribution >= 4 is 9.45 Å². The molecule has 2 atom stereocenters. The zero-order valence-electron chi connectivity index (χ0n) is 15.9. The summed E-state index contributed by atoms with van der Waals surface area (Å²) in [6.07, 6.45) is 0.621. The second-order valence-corrected chi connectivity index (χ2v) is 8.88. The van der Waals surface area contributed by atoms with Crippen LogP contribution in [-0.4, -0.2) is 84.1 Å². The molecule has 2 unspecified atom stereocenters. The molecule has 150 valence electrons. The Labute approximate surface area is 151 Å². The molecule has 2 aliphatic heterocycles. The first-order valence-corrected chi connectivity index (χ1v) is 10.6. The second kappa shape index (κ2) is 11.5. The minimum atomic E-state index is -4.11. The van der Waals surface area contributed by atoms with Gasteiger partial charge in [-0.15, -0.1) is 0 Å². The molecule has 2 aliphatic rings. The van der Waals surface area contributed by atoms with Gasteiger partial charge in [-0.3, -0.25) is 9.47 Å². The van der Waals surface area contributed by atoms with Crippen LogP contribution in [0.4, 0.5) is 13.2 Å². The fourth-order valence-electron chi connectivity index (χ4n) is 3.38. The van der Waals surface area contributed by atoms with Gasteiger partial charge in [-0.05, 0) is 39.3 Å². The zero-order valence-corrected chi connectivity index (χ0v) is 17.1. The number of hydrogen-bond acceptors (Lipinski definition) is 5. The lowest BCUT2D eigenvalue weighted by Gasteiger charge is -2.40. The molecule has 0 aromatic heterocycles. The monoisotopic (exact) mass is 385 g/mol. The Morgan fingerprint density at radius 3 is 2.20 bits per heavy atom. The number of hydrogen-bond donors (Lipinski definition) is 1. The summed E-state index contributed by atoms with van der Waals surface area (Å²) in [4.78, 5) is 1.55. The van der Waals surface area contributed by atoms with E-state index < -0.39 is 21.7 Å². The lowest BCUT2D eigenvalue weighted by Crippen LogP contribution is -2.57. The lowest BCUT2D eigenvalue weighted by atomic mass is 10.1. The Bertz CT molecular complexity index is 354. The van der Waals surface area contributed by atoms with Gasteiger partial charge in [0, 0.05) is 39.9 Å². The molecule has 0 bridgehead atoms. The number of alkyl halides is 3. The number of piperazine rings is 1. The fourth-order valence-corrected chi connectivity index (χ4v) is 4.95. The number of piperidine rings is 1. The van der Waals surface area contributed by atoms with Crippen LogP contribution >= 0.6 is 0 Å². The minimum Gasteiger partial charge on any atom is -0.388 e. The van der Waals surface area contributed by atoms with Crippen LogP contribution in [-0.2, 0) is 8.85 Å². The molecule has 0 aliphatic carbocycles. The van der Waals surface area contributed by atoms with Crippen LogP contribution in [0.15, 0.2) is 0 Å². The van der Waals surface area contributed by atoms with Crippen LogP contribution in [0.25, 0.3) is 0 Å².